The lowest BCUT2D eigenvalue weighted by Gasteiger charge is -2.02. The Kier molecular flexibility index (Phi) is 8.57. The quantitative estimate of drug-likeness (QED) is 0.393. The van der Waals surface area contributed by atoms with Gasteiger partial charge >= 0.3 is 0 Å². The van der Waals surface area contributed by atoms with E-state index in [-0.39, 0.29) is 0 Å². The molecule has 0 fully saturated rings. The molecule has 4 heteroatoms. The standard InChI is InChI=1S/C14H19NOS2/c16-18(12-14-8-4-3-5-9-14)11-7-2-1-6-10-15-13-17/h3-5,8-9H,1-2,6-7,10-12H2. The molecule has 1 aromatic carbocycles. The number of isothiocyanates is 1. The molecular weight excluding hydrogens is 262 g/mol. The Balaban J connectivity index is 2.05. The zero-order valence-corrected chi connectivity index (χ0v) is 12.1. The van der Waals surface area contributed by atoms with Crippen LogP contribution in [0.1, 0.15) is 31.2 Å². The number of nitrogens with zero attached hydrogens (tertiary/aromatic N) is 1. The molecule has 98 valence electrons. The highest BCUT2D eigenvalue weighted by Gasteiger charge is 2.01. The first-order valence-electron chi connectivity index (χ1n) is 6.25. The highest BCUT2D eigenvalue weighted by atomic mass is 32.2. The Morgan fingerprint density at radius 2 is 1.83 bits per heavy atom. The summed E-state index contributed by atoms with van der Waals surface area (Å²) in [5.74, 6) is 1.47. The van der Waals surface area contributed by atoms with Gasteiger partial charge in [0.1, 0.15) is 0 Å². The first-order chi connectivity index (χ1) is 8.83. The summed E-state index contributed by atoms with van der Waals surface area (Å²) in [6.45, 7) is 0.774. The van der Waals surface area contributed by atoms with Crippen LogP contribution in [0.25, 0.3) is 0 Å². The van der Waals surface area contributed by atoms with Crippen LogP contribution in [0.4, 0.5) is 0 Å². The number of thiocarbonyl (C=S) groups is 1. The fraction of sp³-hybridized carbons (Fsp3) is 0.500. The molecule has 0 aliphatic rings. The smallest absolute Gasteiger partial charge is 0.0584 e. The van der Waals surface area contributed by atoms with Gasteiger partial charge in [0, 0.05) is 28.9 Å². The van der Waals surface area contributed by atoms with Crippen molar-refractivity contribution in [2.75, 3.05) is 12.3 Å². The monoisotopic (exact) mass is 281 g/mol. The van der Waals surface area contributed by atoms with E-state index in [1.165, 1.54) is 0 Å². The fourth-order valence-corrected chi connectivity index (χ4v) is 3.01. The van der Waals surface area contributed by atoms with E-state index in [0.29, 0.717) is 5.75 Å². The third-order valence-corrected chi connectivity index (χ3v) is 4.16. The van der Waals surface area contributed by atoms with E-state index < -0.39 is 10.8 Å². The predicted molar refractivity (Wildman–Crippen MR) is 81.5 cm³/mol. The van der Waals surface area contributed by atoms with Gasteiger partial charge in [-0.2, -0.15) is 0 Å². The SMILES string of the molecule is O=S(CCCCCCN=C=S)Cc1ccccc1. The number of hydrogen-bond donors (Lipinski definition) is 0. The van der Waals surface area contributed by atoms with Crippen LogP contribution in [0.3, 0.4) is 0 Å². The molecule has 1 rings (SSSR count). The number of rotatable bonds is 9. The van der Waals surface area contributed by atoms with Crippen molar-refractivity contribution in [2.45, 2.75) is 31.4 Å². The maximum atomic E-state index is 11.8. The van der Waals surface area contributed by atoms with Gasteiger partial charge in [-0.15, -0.1) is 0 Å². The molecule has 0 amide bonds. The van der Waals surface area contributed by atoms with Gasteiger partial charge in [0.15, 0.2) is 0 Å². The minimum Gasteiger partial charge on any atom is -0.259 e. The van der Waals surface area contributed by atoms with E-state index in [4.69, 9.17) is 0 Å². The van der Waals surface area contributed by atoms with E-state index in [2.05, 4.69) is 22.4 Å². The second kappa shape index (κ2) is 10.1. The minimum atomic E-state index is -0.732. The van der Waals surface area contributed by atoms with Gasteiger partial charge < -0.3 is 0 Å². The highest BCUT2D eigenvalue weighted by molar-refractivity contribution is 7.84. The summed E-state index contributed by atoms with van der Waals surface area (Å²) in [5, 5.41) is 2.36. The molecule has 0 bridgehead atoms. The molecule has 18 heavy (non-hydrogen) atoms. The summed E-state index contributed by atoms with van der Waals surface area (Å²) in [6, 6.07) is 10.0. The fourth-order valence-electron chi connectivity index (χ4n) is 1.69. The lowest BCUT2D eigenvalue weighted by Crippen LogP contribution is -2.01. The summed E-state index contributed by atoms with van der Waals surface area (Å²) >= 11 is 4.49. The lowest BCUT2D eigenvalue weighted by molar-refractivity contribution is 0.659. The normalized spacial score (nSPS) is 11.8. The molecular formula is C14H19NOS2. The van der Waals surface area contributed by atoms with Crippen LogP contribution in [-0.4, -0.2) is 21.7 Å². The van der Waals surface area contributed by atoms with E-state index >= 15 is 0 Å². The zero-order valence-electron chi connectivity index (χ0n) is 10.5. The number of benzene rings is 1. The Hall–Kier alpha value is -0.830. The summed E-state index contributed by atoms with van der Waals surface area (Å²) in [6.07, 6.45) is 4.33. The summed E-state index contributed by atoms with van der Waals surface area (Å²) in [7, 11) is -0.732. The molecule has 0 saturated heterocycles. The Bertz CT molecular complexity index is 400. The van der Waals surface area contributed by atoms with Crippen LogP contribution >= 0.6 is 12.2 Å². The van der Waals surface area contributed by atoms with Crippen LogP contribution < -0.4 is 0 Å². The maximum Gasteiger partial charge on any atom is 0.0584 e. The minimum absolute atomic E-state index is 0.677. The molecule has 0 radical (unpaired) electrons. The van der Waals surface area contributed by atoms with Crippen molar-refractivity contribution in [3.63, 3.8) is 0 Å². The zero-order chi connectivity index (χ0) is 13.1. The highest BCUT2D eigenvalue weighted by Crippen LogP contribution is 2.06. The molecule has 0 aliphatic heterocycles. The van der Waals surface area contributed by atoms with E-state index in [9.17, 15) is 4.21 Å². The molecule has 0 saturated carbocycles. The Morgan fingerprint density at radius 1 is 1.11 bits per heavy atom. The molecule has 0 aromatic heterocycles. The third kappa shape index (κ3) is 7.49. The van der Waals surface area contributed by atoms with Crippen molar-refractivity contribution in [1.29, 1.82) is 0 Å². The number of unbranched alkanes of at least 4 members (excludes halogenated alkanes) is 3. The van der Waals surface area contributed by atoms with Crippen LogP contribution in [0.15, 0.2) is 35.3 Å². The second-order valence-corrected chi connectivity index (χ2v) is 5.92. The van der Waals surface area contributed by atoms with Crippen molar-refractivity contribution in [2.24, 2.45) is 4.99 Å². The predicted octanol–water partition coefficient (Wildman–Crippen LogP) is 3.60. The van der Waals surface area contributed by atoms with Gasteiger partial charge in [0.2, 0.25) is 0 Å². The summed E-state index contributed by atoms with van der Waals surface area (Å²) in [5.41, 5.74) is 1.16. The average molecular weight is 281 g/mol. The van der Waals surface area contributed by atoms with Crippen molar-refractivity contribution < 1.29 is 4.21 Å². The topological polar surface area (TPSA) is 29.4 Å². The maximum absolute atomic E-state index is 11.8. The molecule has 1 atom stereocenters. The van der Waals surface area contributed by atoms with E-state index in [0.717, 1.165) is 43.5 Å². The first kappa shape index (κ1) is 15.2. The second-order valence-electron chi connectivity index (χ2n) is 4.16. The van der Waals surface area contributed by atoms with Gasteiger partial charge in [-0.25, -0.2) is 4.99 Å². The van der Waals surface area contributed by atoms with Gasteiger partial charge in [-0.05, 0) is 30.6 Å². The van der Waals surface area contributed by atoms with Crippen LogP contribution in [0, 0.1) is 0 Å². The van der Waals surface area contributed by atoms with E-state index in [1.54, 1.807) is 0 Å². The van der Waals surface area contributed by atoms with Crippen molar-refractivity contribution >= 4 is 28.2 Å². The first-order valence-corrected chi connectivity index (χ1v) is 8.15. The average Bonchev–Trinajstić information content (AvgIpc) is 2.39. The molecule has 0 spiro atoms. The van der Waals surface area contributed by atoms with Gasteiger partial charge in [-0.3, -0.25) is 4.21 Å². The third-order valence-electron chi connectivity index (χ3n) is 2.63. The Morgan fingerprint density at radius 3 is 2.56 bits per heavy atom. The van der Waals surface area contributed by atoms with Crippen LogP contribution in [-0.2, 0) is 16.6 Å². The largest absolute Gasteiger partial charge is 0.259 e. The van der Waals surface area contributed by atoms with E-state index in [1.807, 2.05) is 30.3 Å². The van der Waals surface area contributed by atoms with Gasteiger partial charge in [0.25, 0.3) is 0 Å². The summed E-state index contributed by atoms with van der Waals surface area (Å²) in [4.78, 5) is 3.87. The van der Waals surface area contributed by atoms with Crippen LogP contribution in [0.5, 0.6) is 0 Å². The molecule has 0 heterocycles. The van der Waals surface area contributed by atoms with Crippen molar-refractivity contribution in [1.82, 2.24) is 0 Å². The molecule has 1 unspecified atom stereocenters. The Labute approximate surface area is 117 Å². The van der Waals surface area contributed by atoms with Gasteiger partial charge in [0.05, 0.1) is 5.16 Å². The molecule has 0 N–H and O–H groups in total. The molecule has 1 aromatic rings. The number of aliphatic imine (C=N–C) groups is 1. The lowest BCUT2D eigenvalue weighted by atomic mass is 10.2. The molecule has 2 nitrogen and oxygen atoms in total. The number of hydrogen-bond acceptors (Lipinski definition) is 3. The van der Waals surface area contributed by atoms with Crippen molar-refractivity contribution in [3.05, 3.63) is 35.9 Å². The molecule has 0 aliphatic carbocycles. The van der Waals surface area contributed by atoms with Crippen LogP contribution in [0.2, 0.25) is 0 Å². The van der Waals surface area contributed by atoms with Gasteiger partial charge in [-0.1, -0.05) is 43.2 Å². The summed E-state index contributed by atoms with van der Waals surface area (Å²) < 4.78 is 11.8. The van der Waals surface area contributed by atoms with Crippen molar-refractivity contribution in [3.8, 4) is 0 Å².